The Labute approximate surface area is 210 Å². The minimum Gasteiger partial charge on any atom is -0.465 e. The lowest BCUT2D eigenvalue weighted by Crippen LogP contribution is -2.70. The largest absolute Gasteiger partial charge is 0.465 e. The molecule has 8 nitrogen and oxygen atoms in total. The van der Waals surface area contributed by atoms with Gasteiger partial charge in [-0.3, -0.25) is 4.90 Å². The van der Waals surface area contributed by atoms with Gasteiger partial charge >= 0.3 is 6.09 Å². The number of anilines is 3. The van der Waals surface area contributed by atoms with Gasteiger partial charge in [-0.25, -0.2) is 14.8 Å². The smallest absolute Gasteiger partial charge is 0.407 e. The number of pyridine rings is 2. The lowest BCUT2D eigenvalue weighted by atomic mass is 9.67. The highest BCUT2D eigenvalue weighted by Crippen LogP contribution is 2.54. The van der Waals surface area contributed by atoms with Crippen molar-refractivity contribution in [2.24, 2.45) is 11.3 Å². The number of hydrogen-bond donors (Lipinski definition) is 2. The minimum absolute atomic E-state index is 0.264. The van der Waals surface area contributed by atoms with Crippen LogP contribution in [0.4, 0.5) is 22.0 Å². The third kappa shape index (κ3) is 4.27. The predicted molar refractivity (Wildman–Crippen MR) is 135 cm³/mol. The van der Waals surface area contributed by atoms with E-state index in [2.05, 4.69) is 42.0 Å². The topological polar surface area (TPSA) is 105 Å². The molecule has 1 amide bonds. The van der Waals surface area contributed by atoms with Gasteiger partial charge in [0.25, 0.3) is 0 Å². The van der Waals surface area contributed by atoms with Crippen LogP contribution >= 0.6 is 11.6 Å². The van der Waals surface area contributed by atoms with E-state index in [-0.39, 0.29) is 5.41 Å². The summed E-state index contributed by atoms with van der Waals surface area (Å²) in [7, 11) is 0. The van der Waals surface area contributed by atoms with E-state index >= 15 is 0 Å². The summed E-state index contributed by atoms with van der Waals surface area (Å²) in [5.74, 6) is 1.32. The highest BCUT2D eigenvalue weighted by Gasteiger charge is 2.60. The second-order valence-electron chi connectivity index (χ2n) is 11.0. The van der Waals surface area contributed by atoms with Gasteiger partial charge in [0, 0.05) is 37.4 Å². The fourth-order valence-corrected chi connectivity index (χ4v) is 5.91. The van der Waals surface area contributed by atoms with E-state index in [9.17, 15) is 15.2 Å². The van der Waals surface area contributed by atoms with Crippen LogP contribution in [-0.4, -0.2) is 51.2 Å². The number of carboxylic acid groups (broad SMARTS) is 1. The van der Waals surface area contributed by atoms with Gasteiger partial charge in [-0.2, -0.15) is 5.26 Å². The molecule has 5 rings (SSSR count). The lowest BCUT2D eigenvalue weighted by Gasteiger charge is -2.57. The molecule has 0 spiro atoms. The van der Waals surface area contributed by atoms with Crippen LogP contribution in [0.3, 0.4) is 0 Å². The zero-order chi connectivity index (χ0) is 25.0. The van der Waals surface area contributed by atoms with Gasteiger partial charge in [0.15, 0.2) is 0 Å². The van der Waals surface area contributed by atoms with Gasteiger partial charge in [0.05, 0.1) is 22.5 Å². The first-order valence-corrected chi connectivity index (χ1v) is 12.6. The Bertz CT molecular complexity index is 1200. The van der Waals surface area contributed by atoms with Crippen LogP contribution in [0.1, 0.15) is 63.6 Å². The number of nitriles is 1. The SMILES string of the molecule is CC(C)(C)C1(C2CC2)CN(c2nc(C3CC3)c(Nc3ccnc(Cl)c3)cc2C#N)CCN1C(=O)O. The number of rotatable bonds is 5. The predicted octanol–water partition coefficient (Wildman–Crippen LogP) is 5.62. The van der Waals surface area contributed by atoms with E-state index in [4.69, 9.17) is 16.6 Å². The van der Waals surface area contributed by atoms with Crippen molar-refractivity contribution >= 4 is 34.9 Å². The molecule has 3 fully saturated rings. The monoisotopic (exact) mass is 494 g/mol. The first kappa shape index (κ1) is 23.7. The van der Waals surface area contributed by atoms with E-state index in [0.29, 0.717) is 48.0 Å². The van der Waals surface area contributed by atoms with Crippen molar-refractivity contribution in [3.05, 3.63) is 40.8 Å². The van der Waals surface area contributed by atoms with E-state index < -0.39 is 11.6 Å². The summed E-state index contributed by atoms with van der Waals surface area (Å²) in [5, 5.41) is 24.0. The molecule has 2 aromatic rings. The van der Waals surface area contributed by atoms with Crippen molar-refractivity contribution in [2.75, 3.05) is 29.9 Å². The Hall–Kier alpha value is -3.05. The molecule has 2 saturated carbocycles. The zero-order valence-electron chi connectivity index (χ0n) is 20.4. The Kier molecular flexibility index (Phi) is 5.79. The van der Waals surface area contributed by atoms with Gasteiger partial charge in [-0.05, 0) is 55.2 Å². The van der Waals surface area contributed by atoms with Crippen molar-refractivity contribution in [3.8, 4) is 6.07 Å². The number of amides is 1. The van der Waals surface area contributed by atoms with Crippen LogP contribution in [0.5, 0.6) is 0 Å². The fraction of sp³-hybridized carbons (Fsp3) is 0.538. The van der Waals surface area contributed by atoms with E-state index in [0.717, 1.165) is 42.8 Å². The Balaban J connectivity index is 1.55. The molecule has 35 heavy (non-hydrogen) atoms. The molecule has 1 unspecified atom stereocenters. The number of piperazine rings is 1. The summed E-state index contributed by atoms with van der Waals surface area (Å²) in [4.78, 5) is 25.3. The number of nitrogens with zero attached hydrogens (tertiary/aromatic N) is 5. The summed E-state index contributed by atoms with van der Waals surface area (Å²) in [5.41, 5.74) is 2.24. The zero-order valence-corrected chi connectivity index (χ0v) is 21.1. The van der Waals surface area contributed by atoms with Gasteiger partial charge in [0.2, 0.25) is 0 Å². The summed E-state index contributed by atoms with van der Waals surface area (Å²) in [6, 6.07) is 7.81. The molecule has 0 aromatic carbocycles. The second kappa shape index (κ2) is 8.56. The average molecular weight is 495 g/mol. The molecule has 2 aromatic heterocycles. The number of nitrogens with one attached hydrogen (secondary N) is 1. The molecule has 2 aliphatic carbocycles. The van der Waals surface area contributed by atoms with Crippen LogP contribution in [0.25, 0.3) is 0 Å². The van der Waals surface area contributed by atoms with E-state index in [1.807, 2.05) is 12.1 Å². The van der Waals surface area contributed by atoms with Crippen LogP contribution in [0.2, 0.25) is 5.15 Å². The van der Waals surface area contributed by atoms with Crippen LogP contribution in [0, 0.1) is 22.7 Å². The quantitative estimate of drug-likeness (QED) is 0.520. The fourth-order valence-electron chi connectivity index (χ4n) is 5.73. The van der Waals surface area contributed by atoms with Crippen molar-refractivity contribution in [2.45, 2.75) is 57.9 Å². The highest BCUT2D eigenvalue weighted by atomic mass is 35.5. The summed E-state index contributed by atoms with van der Waals surface area (Å²) in [6.07, 6.45) is 4.95. The maximum atomic E-state index is 12.3. The number of hydrogen-bond acceptors (Lipinski definition) is 6. The van der Waals surface area contributed by atoms with Gasteiger partial charge in [0.1, 0.15) is 17.0 Å². The Morgan fingerprint density at radius 1 is 1.26 bits per heavy atom. The molecule has 2 N–H and O–H groups in total. The van der Waals surface area contributed by atoms with Gasteiger partial charge in [-0.15, -0.1) is 0 Å². The third-order valence-corrected chi connectivity index (χ3v) is 7.92. The molecule has 3 aliphatic rings. The van der Waals surface area contributed by atoms with Crippen molar-refractivity contribution in [1.82, 2.24) is 14.9 Å². The highest BCUT2D eigenvalue weighted by molar-refractivity contribution is 6.29. The maximum Gasteiger partial charge on any atom is 0.407 e. The molecule has 0 radical (unpaired) electrons. The number of aromatic nitrogens is 2. The van der Waals surface area contributed by atoms with E-state index in [1.54, 1.807) is 17.2 Å². The molecule has 3 heterocycles. The molecule has 0 bridgehead atoms. The molecule has 1 aliphatic heterocycles. The summed E-state index contributed by atoms with van der Waals surface area (Å²) in [6.45, 7) is 7.83. The van der Waals surface area contributed by atoms with Crippen LogP contribution < -0.4 is 10.2 Å². The Morgan fingerprint density at radius 2 is 2.00 bits per heavy atom. The van der Waals surface area contributed by atoms with Gasteiger partial charge < -0.3 is 15.3 Å². The summed E-state index contributed by atoms with van der Waals surface area (Å²) >= 11 is 6.07. The average Bonchev–Trinajstić information content (AvgIpc) is 3.70. The first-order valence-electron chi connectivity index (χ1n) is 12.2. The molecular formula is C26H31ClN6O2. The minimum atomic E-state index is -0.867. The molecule has 1 saturated heterocycles. The van der Waals surface area contributed by atoms with Gasteiger partial charge in [-0.1, -0.05) is 32.4 Å². The normalized spacial score (nSPS) is 22.6. The number of carbonyl (C=O) groups is 1. The molecule has 184 valence electrons. The first-order chi connectivity index (χ1) is 16.6. The number of halogens is 1. The maximum absolute atomic E-state index is 12.3. The summed E-state index contributed by atoms with van der Waals surface area (Å²) < 4.78 is 0. The van der Waals surface area contributed by atoms with Crippen molar-refractivity contribution < 1.29 is 9.90 Å². The molecular weight excluding hydrogens is 464 g/mol. The lowest BCUT2D eigenvalue weighted by molar-refractivity contribution is -0.0219. The standard InChI is InChI=1S/C26H31ClN6O2/c1-25(2,3)26(18-6-7-18)15-32(10-11-33(26)24(34)35)23-17(14-28)12-20(22(31-23)16-4-5-16)30-19-8-9-29-21(27)13-19/h8-9,12-13,16,18H,4-7,10-11,15H2,1-3H3,(H,29,30)(H,34,35). The van der Waals surface area contributed by atoms with Crippen molar-refractivity contribution in [3.63, 3.8) is 0 Å². The van der Waals surface area contributed by atoms with Crippen LogP contribution in [0.15, 0.2) is 24.4 Å². The van der Waals surface area contributed by atoms with Crippen molar-refractivity contribution in [1.29, 1.82) is 5.26 Å². The Morgan fingerprint density at radius 3 is 2.57 bits per heavy atom. The molecule has 1 atom stereocenters. The van der Waals surface area contributed by atoms with E-state index in [1.165, 1.54) is 0 Å². The third-order valence-electron chi connectivity index (χ3n) is 7.71. The van der Waals surface area contributed by atoms with Crippen LogP contribution in [-0.2, 0) is 0 Å². The molecule has 9 heteroatoms. The second-order valence-corrected chi connectivity index (χ2v) is 11.4.